The summed E-state index contributed by atoms with van der Waals surface area (Å²) in [6, 6.07) is 14.5. The number of aromatic nitrogens is 1. The summed E-state index contributed by atoms with van der Waals surface area (Å²) in [6.45, 7) is 2.08. The second-order valence-electron chi connectivity index (χ2n) is 16.1. The first-order valence-corrected chi connectivity index (χ1v) is 22.3. The number of fused-ring (bicyclic) bond motifs is 1. The average molecular weight is 935 g/mol. The first-order valence-electron chi connectivity index (χ1n) is 20.8. The smallest absolute Gasteiger partial charge is 0.305 e. The minimum absolute atomic E-state index is 0.111. The third-order valence-corrected chi connectivity index (χ3v) is 12.3. The lowest BCUT2D eigenvalue weighted by atomic mass is 9.89. The number of carbonyl (C=O) groups is 9. The Morgan fingerprint density at radius 2 is 1.35 bits per heavy atom. The fourth-order valence-corrected chi connectivity index (χ4v) is 8.49. The number of aliphatic carboxylic acids is 3. The lowest BCUT2D eigenvalue weighted by Gasteiger charge is -2.24. The zero-order chi connectivity index (χ0) is 48.7. The quantitative estimate of drug-likeness (QED) is 0.0429. The number of aromatic amines is 1. The molecule has 66 heavy (non-hydrogen) atoms. The number of Topliss-reactive ketones (excluding diaryl/α,β-unsaturated/α-hetero) is 4. The van der Waals surface area contributed by atoms with Gasteiger partial charge < -0.3 is 30.9 Å². The zero-order valence-electron chi connectivity index (χ0n) is 36.1. The number of benzene rings is 3. The van der Waals surface area contributed by atoms with Crippen molar-refractivity contribution in [1.29, 1.82) is 0 Å². The second kappa shape index (κ2) is 23.8. The Morgan fingerprint density at radius 3 is 1.98 bits per heavy atom. The molecule has 0 fully saturated rings. The van der Waals surface area contributed by atoms with Crippen LogP contribution in [-0.2, 0) is 66.0 Å². The van der Waals surface area contributed by atoms with Gasteiger partial charge in [-0.25, -0.2) is 17.5 Å². The van der Waals surface area contributed by atoms with Crippen molar-refractivity contribution in [3.63, 3.8) is 0 Å². The van der Waals surface area contributed by atoms with E-state index in [1.54, 1.807) is 37.4 Å². The third kappa shape index (κ3) is 15.9. The van der Waals surface area contributed by atoms with E-state index in [9.17, 15) is 71.3 Å². The van der Waals surface area contributed by atoms with Gasteiger partial charge in [-0.15, -0.1) is 0 Å². The minimum Gasteiger partial charge on any atom is -0.481 e. The molecule has 0 aliphatic rings. The van der Waals surface area contributed by atoms with E-state index in [-0.39, 0.29) is 23.3 Å². The van der Waals surface area contributed by atoms with Crippen LogP contribution in [-0.4, -0.2) is 100 Å². The molecule has 352 valence electrons. The van der Waals surface area contributed by atoms with E-state index >= 15 is 0 Å². The molecule has 0 radical (unpaired) electrons. The van der Waals surface area contributed by atoms with Gasteiger partial charge >= 0.3 is 17.9 Å². The van der Waals surface area contributed by atoms with Crippen LogP contribution < -0.4 is 15.4 Å². The zero-order valence-corrected chi connectivity index (χ0v) is 36.9. The molecule has 0 saturated heterocycles. The van der Waals surface area contributed by atoms with Crippen LogP contribution in [0.25, 0.3) is 10.9 Å². The van der Waals surface area contributed by atoms with Gasteiger partial charge in [0.2, 0.25) is 21.8 Å². The first-order chi connectivity index (χ1) is 31.1. The van der Waals surface area contributed by atoms with Crippen LogP contribution in [0.2, 0.25) is 0 Å². The molecule has 1 aromatic heterocycles. The molecule has 7 N–H and O–H groups in total. The molecule has 0 saturated carbocycles. The van der Waals surface area contributed by atoms with E-state index in [0.29, 0.717) is 16.5 Å². The third-order valence-electron chi connectivity index (χ3n) is 10.8. The van der Waals surface area contributed by atoms with Gasteiger partial charge in [0, 0.05) is 67.0 Å². The number of carboxylic acid groups (broad SMARTS) is 3. The van der Waals surface area contributed by atoms with Crippen molar-refractivity contribution < 1.29 is 71.3 Å². The highest BCUT2D eigenvalue weighted by Gasteiger charge is 2.34. The van der Waals surface area contributed by atoms with E-state index in [0.717, 1.165) is 24.6 Å². The maximum atomic E-state index is 14.3. The molecule has 2 amide bonds. The number of para-hydroxylation sites is 1. The molecule has 18 nitrogen and oxygen atoms in total. The number of hydrogen-bond donors (Lipinski definition) is 7. The number of ketones is 4. The summed E-state index contributed by atoms with van der Waals surface area (Å²) < 4.78 is 42.6. The number of carbonyl (C=O) groups excluding carboxylic acids is 6. The SMILES string of the molecule is CC(=O)[C@H](CC(=O)O)CC(=O)[C@H](Cc1c[nH]c2ccccc12)NC(=O)[C@@H](CC(=O)CNC(=O)[C@H](CCC(=O)O)CC(=O)[C@@H](CC(=O)O)NS(=O)(=O)c1ccc(C)cc1)Cc1cccc(F)c1. The number of amides is 2. The Kier molecular flexibility index (Phi) is 18.7. The summed E-state index contributed by atoms with van der Waals surface area (Å²) in [7, 11) is -4.44. The Labute approximate surface area is 378 Å². The number of halogens is 1. The molecule has 20 heteroatoms. The number of aryl methyl sites for hydroxylation is 1. The van der Waals surface area contributed by atoms with Gasteiger partial charge in [0.15, 0.2) is 17.3 Å². The Balaban J connectivity index is 1.55. The van der Waals surface area contributed by atoms with Crippen LogP contribution in [0.5, 0.6) is 0 Å². The van der Waals surface area contributed by atoms with Gasteiger partial charge in [-0.3, -0.25) is 43.2 Å². The normalized spacial score (nSPS) is 13.7. The van der Waals surface area contributed by atoms with Crippen LogP contribution in [0.3, 0.4) is 0 Å². The summed E-state index contributed by atoms with van der Waals surface area (Å²) in [5.74, 6) is -13.8. The van der Waals surface area contributed by atoms with Crippen molar-refractivity contribution >= 4 is 73.8 Å². The van der Waals surface area contributed by atoms with Crippen LogP contribution in [0.15, 0.2) is 83.9 Å². The fourth-order valence-electron chi connectivity index (χ4n) is 7.27. The second-order valence-corrected chi connectivity index (χ2v) is 17.8. The predicted octanol–water partition coefficient (Wildman–Crippen LogP) is 3.48. The van der Waals surface area contributed by atoms with Crippen molar-refractivity contribution in [2.75, 3.05) is 6.54 Å². The molecule has 0 unspecified atom stereocenters. The van der Waals surface area contributed by atoms with E-state index in [1.807, 2.05) is 0 Å². The van der Waals surface area contributed by atoms with Gasteiger partial charge in [0.05, 0.1) is 36.4 Å². The van der Waals surface area contributed by atoms with Crippen molar-refractivity contribution in [2.45, 2.75) is 88.6 Å². The highest BCUT2D eigenvalue weighted by atomic mass is 32.2. The van der Waals surface area contributed by atoms with Gasteiger partial charge in [-0.1, -0.05) is 48.0 Å². The highest BCUT2D eigenvalue weighted by Crippen LogP contribution is 2.23. The minimum atomic E-state index is -4.44. The lowest BCUT2D eigenvalue weighted by Crippen LogP contribution is -2.47. The molecule has 0 aliphatic carbocycles. The molecule has 0 bridgehead atoms. The Morgan fingerprint density at radius 1 is 0.697 bits per heavy atom. The molecular weight excluding hydrogens is 884 g/mol. The van der Waals surface area contributed by atoms with Gasteiger partial charge in [0.1, 0.15) is 11.6 Å². The fraction of sp³-hybridized carbons (Fsp3) is 0.370. The van der Waals surface area contributed by atoms with Crippen molar-refractivity contribution in [3.05, 3.63) is 102 Å². The Bertz CT molecular complexity index is 2580. The number of rotatable bonds is 28. The maximum absolute atomic E-state index is 14.3. The van der Waals surface area contributed by atoms with Crippen LogP contribution in [0, 0.1) is 30.5 Å². The molecule has 5 atom stereocenters. The topological polar surface area (TPSA) is 300 Å². The molecule has 4 aromatic rings. The molecule has 0 aliphatic heterocycles. The summed E-state index contributed by atoms with van der Waals surface area (Å²) in [5, 5.41) is 34.0. The number of hydrogen-bond acceptors (Lipinski definition) is 11. The molecule has 1 heterocycles. The van der Waals surface area contributed by atoms with Gasteiger partial charge in [0.25, 0.3) is 0 Å². The highest BCUT2D eigenvalue weighted by molar-refractivity contribution is 7.89. The van der Waals surface area contributed by atoms with Crippen molar-refractivity contribution in [2.24, 2.45) is 17.8 Å². The average Bonchev–Trinajstić information content (AvgIpc) is 3.65. The van der Waals surface area contributed by atoms with Gasteiger partial charge in [-0.2, -0.15) is 0 Å². The molecule has 4 rings (SSSR count). The number of nitrogens with one attached hydrogen (secondary N) is 4. The van der Waals surface area contributed by atoms with Crippen LogP contribution in [0.4, 0.5) is 4.39 Å². The van der Waals surface area contributed by atoms with Crippen molar-refractivity contribution in [3.8, 4) is 0 Å². The lowest BCUT2D eigenvalue weighted by molar-refractivity contribution is -0.141. The van der Waals surface area contributed by atoms with Crippen LogP contribution >= 0.6 is 0 Å². The monoisotopic (exact) mass is 934 g/mol. The Hall–Kier alpha value is -6.93. The predicted molar refractivity (Wildman–Crippen MR) is 234 cm³/mol. The van der Waals surface area contributed by atoms with E-state index < -0.39 is 150 Å². The van der Waals surface area contributed by atoms with Gasteiger partial charge in [-0.05, 0) is 68.1 Å². The van der Waals surface area contributed by atoms with E-state index in [1.165, 1.54) is 36.4 Å². The summed E-state index contributed by atoms with van der Waals surface area (Å²) >= 11 is 0. The molecular formula is C46H51FN4O14S. The van der Waals surface area contributed by atoms with Crippen molar-refractivity contribution in [1.82, 2.24) is 20.3 Å². The van der Waals surface area contributed by atoms with Crippen LogP contribution in [0.1, 0.15) is 68.6 Å². The first kappa shape index (κ1) is 51.7. The number of carboxylic acids is 3. The summed E-state index contributed by atoms with van der Waals surface area (Å²) in [4.78, 5) is 119. The molecule has 3 aromatic carbocycles. The molecule has 0 spiro atoms. The largest absolute Gasteiger partial charge is 0.481 e. The maximum Gasteiger partial charge on any atom is 0.305 e. The summed E-state index contributed by atoms with van der Waals surface area (Å²) in [6.07, 6.45) is -3.46. The van der Waals surface area contributed by atoms with E-state index in [2.05, 4.69) is 20.3 Å². The summed E-state index contributed by atoms with van der Waals surface area (Å²) in [5.41, 5.74) is 2.31. The number of H-pyrrole nitrogens is 1. The standard InChI is InChI=1S/C46H51FN4O14S/c1-26-10-13-35(14-11-26)66(64,65)51-39(23-44(60)61)41(55)20-29(12-15-42(56)57)45(62)49-25-34(53)18-31(16-28-6-5-7-33(47)17-28)46(63)50-38(40(54)21-30(27(2)52)22-43(58)59)19-32-24-48-37-9-4-3-8-36(32)37/h3-11,13-14,17,24,29-31,38-39,48,51H,12,15-16,18-23,25H2,1-2H3,(H,49,62)(H,50,63)(H,56,57)(H,58,59)(H,60,61)/t29-,30+,31-,38+,39-/m1/s1. The number of sulfonamides is 1. The van der Waals surface area contributed by atoms with E-state index in [4.69, 9.17) is 0 Å².